The number of aromatic nitrogens is 4. The average molecular weight is 494 g/mol. The second kappa shape index (κ2) is 9.19. The summed E-state index contributed by atoms with van der Waals surface area (Å²) in [6.45, 7) is 10.9. The Bertz CT molecular complexity index is 1150. The van der Waals surface area contributed by atoms with Gasteiger partial charge in [0.1, 0.15) is 0 Å². The average Bonchev–Trinajstić information content (AvgIpc) is 3.26. The number of piperazine rings is 1. The molecule has 2 aromatic carbocycles. The third kappa shape index (κ3) is 5.05. The van der Waals surface area contributed by atoms with Gasteiger partial charge in [-0.25, -0.2) is 4.68 Å². The molecule has 1 aliphatic heterocycles. The highest BCUT2D eigenvalue weighted by Gasteiger charge is 2.38. The van der Waals surface area contributed by atoms with Gasteiger partial charge in [-0.2, -0.15) is 13.2 Å². The Kier molecular flexibility index (Phi) is 6.61. The van der Waals surface area contributed by atoms with Crippen molar-refractivity contribution in [1.82, 2.24) is 20.2 Å². The van der Waals surface area contributed by atoms with Gasteiger partial charge in [-0.05, 0) is 68.0 Å². The zero-order chi connectivity index (χ0) is 24.7. The fourth-order valence-corrected chi connectivity index (χ4v) is 4.73. The topological polar surface area (TPSA) is 51.3 Å². The Labute approximate surface area is 202 Å². The van der Waals surface area contributed by atoms with Gasteiger partial charge in [0.15, 0.2) is 6.04 Å². The molecule has 182 valence electrons. The summed E-state index contributed by atoms with van der Waals surface area (Å²) in [6, 6.07) is 10.9. The molecule has 6 nitrogen and oxygen atoms in total. The predicted molar refractivity (Wildman–Crippen MR) is 125 cm³/mol. The van der Waals surface area contributed by atoms with Gasteiger partial charge in [-0.1, -0.05) is 29.8 Å². The number of nitrogens with one attached hydrogen (secondary N) is 1. The van der Waals surface area contributed by atoms with Crippen LogP contribution in [0.5, 0.6) is 0 Å². The number of alkyl halides is 3. The van der Waals surface area contributed by atoms with Gasteiger partial charge < -0.3 is 9.80 Å². The summed E-state index contributed by atoms with van der Waals surface area (Å²) in [5.41, 5.74) is 1.69. The summed E-state index contributed by atoms with van der Waals surface area (Å²) in [5, 5.41) is 13.0. The zero-order valence-electron chi connectivity index (χ0n) is 19.7. The van der Waals surface area contributed by atoms with Crippen LogP contribution in [-0.2, 0) is 11.7 Å². The highest BCUT2D eigenvalue weighted by Crippen LogP contribution is 2.32. The Hall–Kier alpha value is -2.65. The number of rotatable bonds is 4. The van der Waals surface area contributed by atoms with Gasteiger partial charge in [0, 0.05) is 16.3 Å². The van der Waals surface area contributed by atoms with Crippen LogP contribution in [-0.4, -0.2) is 46.4 Å². The van der Waals surface area contributed by atoms with Crippen molar-refractivity contribution in [1.29, 1.82) is 0 Å². The van der Waals surface area contributed by atoms with Crippen molar-refractivity contribution in [3.8, 4) is 0 Å². The van der Waals surface area contributed by atoms with E-state index in [4.69, 9.17) is 11.6 Å². The molecule has 0 saturated carbocycles. The number of anilines is 1. The molecule has 1 atom stereocenters. The Morgan fingerprint density at radius 1 is 1.03 bits per heavy atom. The van der Waals surface area contributed by atoms with Crippen molar-refractivity contribution < 1.29 is 18.1 Å². The smallest absolute Gasteiger partial charge is 0.360 e. The Morgan fingerprint density at radius 3 is 2.38 bits per heavy atom. The van der Waals surface area contributed by atoms with Crippen LogP contribution in [0.3, 0.4) is 0 Å². The molecular weight excluding hydrogens is 465 g/mol. The summed E-state index contributed by atoms with van der Waals surface area (Å²) in [7, 11) is 0. The molecule has 0 radical (unpaired) electrons. The monoisotopic (exact) mass is 493 g/mol. The van der Waals surface area contributed by atoms with Crippen LogP contribution in [0.1, 0.15) is 49.3 Å². The van der Waals surface area contributed by atoms with E-state index >= 15 is 0 Å². The van der Waals surface area contributed by atoms with Crippen LogP contribution in [0.25, 0.3) is 0 Å². The first-order valence-corrected chi connectivity index (χ1v) is 11.6. The van der Waals surface area contributed by atoms with Crippen LogP contribution < -0.4 is 9.80 Å². The Balaban J connectivity index is 1.69. The highest BCUT2D eigenvalue weighted by atomic mass is 35.5. The summed E-state index contributed by atoms with van der Waals surface area (Å²) in [6.07, 6.45) is -4.42. The van der Waals surface area contributed by atoms with Crippen molar-refractivity contribution >= 4 is 17.3 Å². The third-order valence-corrected chi connectivity index (χ3v) is 6.50. The maximum Gasteiger partial charge on any atom is 0.416 e. The van der Waals surface area contributed by atoms with Gasteiger partial charge in [-0.15, -0.1) is 5.10 Å². The maximum absolute atomic E-state index is 13.5. The molecule has 0 unspecified atom stereocenters. The Morgan fingerprint density at radius 2 is 1.74 bits per heavy atom. The number of nitrogens with zero attached hydrogens (tertiary/aromatic N) is 5. The molecule has 1 aliphatic rings. The molecule has 2 heterocycles. The number of quaternary nitrogens is 1. The zero-order valence-corrected chi connectivity index (χ0v) is 20.5. The number of benzene rings is 2. The fraction of sp³-hybridized carbons (Fsp3) is 0.458. The van der Waals surface area contributed by atoms with Gasteiger partial charge in [0.05, 0.1) is 37.3 Å². The summed E-state index contributed by atoms with van der Waals surface area (Å²) < 4.78 is 42.3. The minimum atomic E-state index is -4.42. The quantitative estimate of drug-likeness (QED) is 0.599. The molecule has 3 aromatic rings. The molecule has 1 fully saturated rings. The van der Waals surface area contributed by atoms with Crippen molar-refractivity contribution in [3.05, 3.63) is 70.0 Å². The lowest BCUT2D eigenvalue weighted by atomic mass is 9.99. The maximum atomic E-state index is 13.5. The van der Waals surface area contributed by atoms with Crippen molar-refractivity contribution in [2.45, 2.75) is 45.5 Å². The van der Waals surface area contributed by atoms with Crippen LogP contribution in [0.2, 0.25) is 5.02 Å². The van der Waals surface area contributed by atoms with E-state index < -0.39 is 23.3 Å². The summed E-state index contributed by atoms with van der Waals surface area (Å²) in [4.78, 5) is 3.40. The van der Waals surface area contributed by atoms with E-state index in [1.165, 1.54) is 12.1 Å². The van der Waals surface area contributed by atoms with Crippen LogP contribution in [0.15, 0.2) is 42.5 Å². The van der Waals surface area contributed by atoms with Crippen molar-refractivity contribution in [2.75, 3.05) is 31.1 Å². The predicted octanol–water partition coefficient (Wildman–Crippen LogP) is 3.90. The molecule has 4 rings (SSSR count). The molecule has 1 N–H and O–H groups in total. The van der Waals surface area contributed by atoms with Crippen molar-refractivity contribution in [2.24, 2.45) is 0 Å². The number of halogens is 4. The molecule has 10 heteroatoms. The second-order valence-electron chi connectivity index (χ2n) is 9.75. The van der Waals surface area contributed by atoms with Gasteiger partial charge in [-0.3, -0.25) is 0 Å². The third-order valence-electron chi connectivity index (χ3n) is 6.26. The highest BCUT2D eigenvalue weighted by molar-refractivity contribution is 6.30. The van der Waals surface area contributed by atoms with Gasteiger partial charge in [0.25, 0.3) is 0 Å². The molecular formula is C24H29ClF3N6+. The lowest BCUT2D eigenvalue weighted by Gasteiger charge is -2.38. The summed E-state index contributed by atoms with van der Waals surface area (Å²) >= 11 is 6.23. The van der Waals surface area contributed by atoms with E-state index in [1.54, 1.807) is 10.7 Å². The molecule has 0 spiro atoms. The first kappa shape index (κ1) is 24.5. The molecule has 0 bridgehead atoms. The van der Waals surface area contributed by atoms with Crippen molar-refractivity contribution in [3.63, 3.8) is 0 Å². The molecule has 34 heavy (non-hydrogen) atoms. The molecule has 0 aliphatic carbocycles. The van der Waals surface area contributed by atoms with Crippen LogP contribution in [0.4, 0.5) is 18.9 Å². The lowest BCUT2D eigenvalue weighted by molar-refractivity contribution is -0.927. The molecule has 1 aromatic heterocycles. The molecule has 1 saturated heterocycles. The number of hydrogen-bond acceptors (Lipinski definition) is 4. The minimum absolute atomic E-state index is 0.419. The molecule has 0 amide bonds. The van der Waals surface area contributed by atoms with E-state index in [0.717, 1.165) is 35.3 Å². The fourth-order valence-electron chi connectivity index (χ4n) is 4.56. The summed E-state index contributed by atoms with van der Waals surface area (Å²) in [5.74, 6) is 0.564. The van der Waals surface area contributed by atoms with E-state index in [-0.39, 0.29) is 0 Å². The second-order valence-corrected chi connectivity index (χ2v) is 10.2. The largest absolute Gasteiger partial charge is 0.416 e. The van der Waals surface area contributed by atoms with E-state index in [1.807, 2.05) is 45.9 Å². The lowest BCUT2D eigenvalue weighted by Crippen LogP contribution is -3.15. The van der Waals surface area contributed by atoms with Crippen LogP contribution in [0, 0.1) is 6.92 Å². The number of aryl methyl sites for hydroxylation is 1. The first-order chi connectivity index (χ1) is 15.9. The number of hydrogen-bond donors (Lipinski definition) is 1. The minimum Gasteiger partial charge on any atom is -0.360 e. The first-order valence-electron chi connectivity index (χ1n) is 11.3. The normalized spacial score (nSPS) is 16.6. The van der Waals surface area contributed by atoms with E-state index in [2.05, 4.69) is 20.4 Å². The number of tetrazole rings is 1. The van der Waals surface area contributed by atoms with Gasteiger partial charge in [0.2, 0.25) is 5.82 Å². The van der Waals surface area contributed by atoms with Crippen LogP contribution >= 0.6 is 11.6 Å². The van der Waals surface area contributed by atoms with Gasteiger partial charge >= 0.3 is 6.18 Å². The van der Waals surface area contributed by atoms with E-state index in [9.17, 15) is 13.2 Å². The van der Waals surface area contributed by atoms with E-state index in [0.29, 0.717) is 29.5 Å². The standard InChI is InChI=1S/C24H28ClF3N6/c1-16-8-9-19(25)15-20(16)32-10-12-33(13-11-32)21(22-29-30-31-34(22)23(2,3)4)17-6-5-7-18(14-17)24(26,27)28/h5-9,14-15,21H,10-13H2,1-4H3/p+1/t21-/m0/s1. The SMILES string of the molecule is Cc1ccc(Cl)cc1N1CC[NH+]([C@@H](c2cccc(C(F)(F)F)c2)c2nnnn2C(C)(C)C)CC1.